The van der Waals surface area contributed by atoms with Gasteiger partial charge >= 0.3 is 0 Å². The third-order valence-corrected chi connectivity index (χ3v) is 3.73. The quantitative estimate of drug-likeness (QED) is 0.803. The van der Waals surface area contributed by atoms with Crippen LogP contribution in [-0.2, 0) is 6.54 Å². The molecule has 120 valence electrons. The van der Waals surface area contributed by atoms with Gasteiger partial charge in [-0.1, -0.05) is 17.7 Å². The topological polar surface area (TPSA) is 35.5 Å². The van der Waals surface area contributed by atoms with Gasteiger partial charge in [0.1, 0.15) is 0 Å². The van der Waals surface area contributed by atoms with Crippen LogP contribution >= 0.6 is 11.6 Å². The van der Waals surface area contributed by atoms with Crippen LogP contribution in [0.4, 0.5) is 5.69 Å². The fraction of sp³-hybridized carbons (Fsp3) is 0.647. The smallest absolute Gasteiger partial charge is 0.0471 e. The maximum Gasteiger partial charge on any atom is 0.0471 e. The second-order valence-corrected chi connectivity index (χ2v) is 7.11. The van der Waals surface area contributed by atoms with Gasteiger partial charge in [-0.15, -0.1) is 0 Å². The van der Waals surface area contributed by atoms with Gasteiger partial charge < -0.3 is 15.3 Å². The number of aliphatic hydroxyl groups is 1. The van der Waals surface area contributed by atoms with Crippen LogP contribution in [0.25, 0.3) is 0 Å². The zero-order valence-electron chi connectivity index (χ0n) is 13.9. The summed E-state index contributed by atoms with van der Waals surface area (Å²) in [4.78, 5) is 2.31. The van der Waals surface area contributed by atoms with Crippen molar-refractivity contribution in [3.8, 4) is 0 Å². The Bertz CT molecular complexity index is 441. The molecule has 0 aromatic heterocycles. The summed E-state index contributed by atoms with van der Waals surface area (Å²) in [5.74, 6) is 0. The Morgan fingerprint density at radius 1 is 1.29 bits per heavy atom. The van der Waals surface area contributed by atoms with E-state index in [0.29, 0.717) is 6.04 Å². The second-order valence-electron chi connectivity index (χ2n) is 6.71. The van der Waals surface area contributed by atoms with Gasteiger partial charge in [0.05, 0.1) is 0 Å². The van der Waals surface area contributed by atoms with Crippen LogP contribution in [0.5, 0.6) is 0 Å². The first-order valence-electron chi connectivity index (χ1n) is 7.66. The van der Waals surface area contributed by atoms with Crippen LogP contribution < -0.4 is 10.2 Å². The summed E-state index contributed by atoms with van der Waals surface area (Å²) in [7, 11) is 0. The average Bonchev–Trinajstić information content (AvgIpc) is 2.36. The number of halogens is 1. The second kappa shape index (κ2) is 8.02. The summed E-state index contributed by atoms with van der Waals surface area (Å²) in [6, 6.07) is 6.41. The Kier molecular flexibility index (Phi) is 6.98. The molecule has 3 nitrogen and oxygen atoms in total. The minimum atomic E-state index is 0.0458. The van der Waals surface area contributed by atoms with Crippen molar-refractivity contribution in [2.24, 2.45) is 0 Å². The summed E-state index contributed by atoms with van der Waals surface area (Å²) in [6.45, 7) is 12.6. The van der Waals surface area contributed by atoms with E-state index in [1.165, 1.54) is 0 Å². The van der Waals surface area contributed by atoms with Crippen molar-refractivity contribution in [2.45, 2.75) is 59.2 Å². The van der Waals surface area contributed by atoms with Gasteiger partial charge in [-0.05, 0) is 53.2 Å². The molecule has 0 spiro atoms. The highest BCUT2D eigenvalue weighted by Gasteiger charge is 2.18. The number of benzene rings is 1. The van der Waals surface area contributed by atoms with Crippen molar-refractivity contribution in [3.05, 3.63) is 28.8 Å². The number of anilines is 1. The van der Waals surface area contributed by atoms with E-state index in [9.17, 15) is 0 Å². The zero-order valence-corrected chi connectivity index (χ0v) is 14.7. The molecule has 0 radical (unpaired) electrons. The predicted molar refractivity (Wildman–Crippen MR) is 92.2 cm³/mol. The lowest BCUT2D eigenvalue weighted by Crippen LogP contribution is -2.37. The molecule has 0 bridgehead atoms. The van der Waals surface area contributed by atoms with E-state index in [2.05, 4.69) is 50.9 Å². The molecule has 0 atom stereocenters. The van der Waals surface area contributed by atoms with E-state index in [0.717, 1.165) is 35.8 Å². The van der Waals surface area contributed by atoms with Crippen LogP contribution in [0.15, 0.2) is 18.2 Å². The monoisotopic (exact) mass is 312 g/mol. The third kappa shape index (κ3) is 5.85. The molecule has 0 heterocycles. The lowest BCUT2D eigenvalue weighted by molar-refractivity contribution is 0.288. The Morgan fingerprint density at radius 2 is 1.95 bits per heavy atom. The molecule has 21 heavy (non-hydrogen) atoms. The first-order valence-corrected chi connectivity index (χ1v) is 8.04. The Hall–Kier alpha value is -0.770. The molecule has 0 unspecified atom stereocenters. The zero-order chi connectivity index (χ0) is 16.0. The summed E-state index contributed by atoms with van der Waals surface area (Å²) in [6.07, 6.45) is 0.761. The van der Waals surface area contributed by atoms with E-state index < -0.39 is 0 Å². The van der Waals surface area contributed by atoms with Crippen molar-refractivity contribution in [1.29, 1.82) is 0 Å². The van der Waals surface area contributed by atoms with E-state index in [4.69, 9.17) is 16.7 Å². The fourth-order valence-corrected chi connectivity index (χ4v) is 2.48. The van der Waals surface area contributed by atoms with Crippen molar-refractivity contribution in [1.82, 2.24) is 5.32 Å². The van der Waals surface area contributed by atoms with Crippen LogP contribution in [0.2, 0.25) is 5.02 Å². The number of nitrogens with zero attached hydrogens (tertiary/aromatic N) is 1. The van der Waals surface area contributed by atoms with Gasteiger partial charge in [-0.3, -0.25) is 0 Å². The van der Waals surface area contributed by atoms with Gasteiger partial charge in [0.25, 0.3) is 0 Å². The van der Waals surface area contributed by atoms with Gasteiger partial charge in [-0.2, -0.15) is 0 Å². The number of aliphatic hydroxyl groups excluding tert-OH is 1. The largest absolute Gasteiger partial charge is 0.396 e. The molecule has 0 aliphatic carbocycles. The normalized spacial score (nSPS) is 12.0. The highest BCUT2D eigenvalue weighted by atomic mass is 35.5. The van der Waals surface area contributed by atoms with Crippen molar-refractivity contribution in [3.63, 3.8) is 0 Å². The van der Waals surface area contributed by atoms with E-state index in [1.807, 2.05) is 12.1 Å². The van der Waals surface area contributed by atoms with Crippen LogP contribution in [0.1, 0.15) is 46.6 Å². The minimum Gasteiger partial charge on any atom is -0.396 e. The molecule has 0 aliphatic rings. The lowest BCUT2D eigenvalue weighted by Gasteiger charge is -2.32. The van der Waals surface area contributed by atoms with E-state index >= 15 is 0 Å². The maximum atomic E-state index is 9.11. The summed E-state index contributed by atoms with van der Waals surface area (Å²) >= 11 is 6.42. The third-order valence-electron chi connectivity index (χ3n) is 3.38. The lowest BCUT2D eigenvalue weighted by atomic mass is 10.1. The van der Waals surface area contributed by atoms with E-state index in [-0.39, 0.29) is 12.1 Å². The van der Waals surface area contributed by atoms with Crippen molar-refractivity contribution >= 4 is 17.3 Å². The average molecular weight is 313 g/mol. The first kappa shape index (κ1) is 18.3. The standard InChI is InChI=1S/C17H29ClN2O/c1-13(2)20(10-7-11-21)16-9-6-8-15(18)14(16)12-19-17(3,4)5/h6,8-9,13,19,21H,7,10-12H2,1-5H3. The summed E-state index contributed by atoms with van der Waals surface area (Å²) in [5, 5.41) is 13.4. The Morgan fingerprint density at radius 3 is 2.48 bits per heavy atom. The SMILES string of the molecule is CC(C)N(CCCO)c1cccc(Cl)c1CNC(C)(C)C. The molecule has 0 saturated heterocycles. The number of rotatable bonds is 7. The molecule has 1 aromatic carbocycles. The van der Waals surface area contributed by atoms with Gasteiger partial charge in [0, 0.05) is 47.6 Å². The van der Waals surface area contributed by atoms with Crippen molar-refractivity contribution < 1.29 is 5.11 Å². The van der Waals surface area contributed by atoms with Gasteiger partial charge in [-0.25, -0.2) is 0 Å². The predicted octanol–water partition coefficient (Wildman–Crippen LogP) is 3.83. The molecule has 0 fully saturated rings. The number of hydrogen-bond donors (Lipinski definition) is 2. The molecule has 4 heteroatoms. The fourth-order valence-electron chi connectivity index (χ4n) is 2.24. The van der Waals surface area contributed by atoms with E-state index in [1.54, 1.807) is 0 Å². The molecule has 1 aromatic rings. The van der Waals surface area contributed by atoms with Crippen LogP contribution in [-0.4, -0.2) is 29.8 Å². The maximum absolute atomic E-state index is 9.11. The highest BCUT2D eigenvalue weighted by Crippen LogP contribution is 2.29. The van der Waals surface area contributed by atoms with Crippen LogP contribution in [0.3, 0.4) is 0 Å². The molecule has 0 aliphatic heterocycles. The first-order chi connectivity index (χ1) is 9.76. The highest BCUT2D eigenvalue weighted by molar-refractivity contribution is 6.31. The molecule has 2 N–H and O–H groups in total. The summed E-state index contributed by atoms with van der Waals surface area (Å²) < 4.78 is 0. The van der Waals surface area contributed by atoms with Gasteiger partial charge in [0.15, 0.2) is 0 Å². The number of hydrogen-bond acceptors (Lipinski definition) is 3. The van der Waals surface area contributed by atoms with Crippen molar-refractivity contribution in [2.75, 3.05) is 18.1 Å². The molecule has 1 rings (SSSR count). The molecule has 0 amide bonds. The number of nitrogens with one attached hydrogen (secondary N) is 1. The Labute approximate surface area is 134 Å². The molecular formula is C17H29ClN2O. The molecule has 0 saturated carbocycles. The minimum absolute atomic E-state index is 0.0458. The molecular weight excluding hydrogens is 284 g/mol. The van der Waals surface area contributed by atoms with Gasteiger partial charge in [0.2, 0.25) is 0 Å². The summed E-state index contributed by atoms with van der Waals surface area (Å²) in [5.41, 5.74) is 2.33. The van der Waals surface area contributed by atoms with Crippen LogP contribution in [0, 0.1) is 0 Å². The Balaban J connectivity index is 3.06.